The second-order valence-electron chi connectivity index (χ2n) is 6.00. The van der Waals surface area contributed by atoms with Crippen LogP contribution in [0.25, 0.3) is 0 Å². The molecule has 27 heavy (non-hydrogen) atoms. The van der Waals surface area contributed by atoms with Gasteiger partial charge in [-0.15, -0.1) is 11.8 Å². The largest absolute Gasteiger partial charge is 0.350 e. The summed E-state index contributed by atoms with van der Waals surface area (Å²) < 4.78 is 0. The molecule has 144 valence electrons. The van der Waals surface area contributed by atoms with E-state index in [2.05, 4.69) is 24.1 Å². The highest BCUT2D eigenvalue weighted by atomic mass is 32.2. The Bertz CT molecular complexity index is 779. The van der Waals surface area contributed by atoms with Crippen molar-refractivity contribution in [3.05, 3.63) is 69.8 Å². The van der Waals surface area contributed by atoms with Crippen LogP contribution in [-0.2, 0) is 0 Å². The third-order valence-corrected chi connectivity index (χ3v) is 5.32. The zero-order valence-corrected chi connectivity index (χ0v) is 16.7. The topological polar surface area (TPSA) is 75.5 Å². The normalized spacial score (nSPS) is 12.0. The van der Waals surface area contributed by atoms with Crippen LogP contribution < -0.4 is 5.32 Å². The van der Waals surface area contributed by atoms with Gasteiger partial charge in [-0.25, -0.2) is 0 Å². The Hall–Kier alpha value is -2.38. The lowest BCUT2D eigenvalue weighted by molar-refractivity contribution is -0.387. The van der Waals surface area contributed by atoms with Gasteiger partial charge in [0.25, 0.3) is 11.6 Å². The number of likely N-dealkylation sites (N-methyl/N-ethyl adjacent to an activating group) is 1. The number of hydrogen-bond donors (Lipinski definition) is 1. The van der Waals surface area contributed by atoms with Gasteiger partial charge in [-0.05, 0) is 37.0 Å². The molecule has 0 saturated carbocycles. The fraction of sp³-hybridized carbons (Fsp3) is 0.350. The van der Waals surface area contributed by atoms with Crippen LogP contribution in [0.3, 0.4) is 0 Å². The first-order valence-corrected chi connectivity index (χ1v) is 10.1. The Morgan fingerprint density at radius 2 is 1.85 bits per heavy atom. The molecule has 0 heterocycles. The van der Waals surface area contributed by atoms with E-state index in [1.54, 1.807) is 18.4 Å². The average molecular weight is 388 g/mol. The molecule has 0 aliphatic heterocycles. The number of nitro benzene ring substituents is 1. The first-order chi connectivity index (χ1) is 13.0. The minimum atomic E-state index is -0.453. The Labute approximate surface area is 164 Å². The molecule has 2 aromatic rings. The predicted molar refractivity (Wildman–Crippen MR) is 109 cm³/mol. The highest BCUT2D eigenvalue weighted by Gasteiger charge is 2.21. The lowest BCUT2D eigenvalue weighted by atomic mass is 10.0. The monoisotopic (exact) mass is 387 g/mol. The molecule has 6 nitrogen and oxygen atoms in total. The average Bonchev–Trinajstić information content (AvgIpc) is 2.70. The van der Waals surface area contributed by atoms with Crippen molar-refractivity contribution < 1.29 is 9.72 Å². The first kappa shape index (κ1) is 20.9. The molecule has 1 atom stereocenters. The van der Waals surface area contributed by atoms with E-state index in [0.717, 1.165) is 18.7 Å². The number of nitrogens with one attached hydrogen (secondary N) is 1. The second-order valence-corrected chi connectivity index (χ2v) is 6.85. The van der Waals surface area contributed by atoms with E-state index in [-0.39, 0.29) is 17.6 Å². The molecule has 7 heteroatoms. The minimum absolute atomic E-state index is 0.0431. The molecule has 0 saturated heterocycles. The van der Waals surface area contributed by atoms with Gasteiger partial charge in [0.1, 0.15) is 0 Å². The summed E-state index contributed by atoms with van der Waals surface area (Å²) in [7, 11) is 0. The van der Waals surface area contributed by atoms with Crippen molar-refractivity contribution in [1.82, 2.24) is 10.2 Å². The van der Waals surface area contributed by atoms with Crippen LogP contribution in [0.15, 0.2) is 53.4 Å². The van der Waals surface area contributed by atoms with Gasteiger partial charge in [0, 0.05) is 18.2 Å². The predicted octanol–water partition coefficient (Wildman–Crippen LogP) is 4.13. The van der Waals surface area contributed by atoms with E-state index < -0.39 is 4.92 Å². The van der Waals surface area contributed by atoms with Gasteiger partial charge in [-0.1, -0.05) is 44.2 Å². The second kappa shape index (κ2) is 10.1. The lowest BCUT2D eigenvalue weighted by Gasteiger charge is -2.30. The van der Waals surface area contributed by atoms with Crippen molar-refractivity contribution in [2.75, 3.05) is 25.9 Å². The number of nitro groups is 1. The molecule has 1 N–H and O–H groups in total. The van der Waals surface area contributed by atoms with Gasteiger partial charge >= 0.3 is 0 Å². The van der Waals surface area contributed by atoms with Crippen molar-refractivity contribution in [3.63, 3.8) is 0 Å². The number of hydrogen-bond acceptors (Lipinski definition) is 5. The highest BCUT2D eigenvalue weighted by Crippen LogP contribution is 2.28. The first-order valence-electron chi connectivity index (χ1n) is 8.91. The van der Waals surface area contributed by atoms with Crippen molar-refractivity contribution in [1.29, 1.82) is 0 Å². The fourth-order valence-corrected chi connectivity index (χ4v) is 3.61. The Morgan fingerprint density at radius 1 is 1.19 bits per heavy atom. The van der Waals surface area contributed by atoms with Crippen LogP contribution >= 0.6 is 11.8 Å². The molecule has 0 aliphatic carbocycles. The fourth-order valence-electron chi connectivity index (χ4n) is 3.06. The molecule has 2 rings (SSSR count). The molecule has 0 fully saturated rings. The van der Waals surface area contributed by atoms with Crippen LogP contribution in [0.5, 0.6) is 0 Å². The summed E-state index contributed by atoms with van der Waals surface area (Å²) in [6.07, 6.45) is 1.77. The zero-order valence-electron chi connectivity index (χ0n) is 15.8. The quantitative estimate of drug-likeness (QED) is 0.398. The molecule has 0 aliphatic rings. The maximum absolute atomic E-state index is 12.6. The van der Waals surface area contributed by atoms with Crippen LogP contribution in [0.2, 0.25) is 0 Å². The molecule has 1 amide bonds. The number of carbonyl (C=O) groups is 1. The van der Waals surface area contributed by atoms with Crippen LogP contribution in [0.1, 0.15) is 35.8 Å². The van der Waals surface area contributed by atoms with Gasteiger partial charge in [-0.3, -0.25) is 19.8 Å². The van der Waals surface area contributed by atoms with Crippen molar-refractivity contribution in [3.8, 4) is 0 Å². The Kier molecular flexibility index (Phi) is 7.82. The number of benzene rings is 2. The summed E-state index contributed by atoms with van der Waals surface area (Å²) in [4.78, 5) is 26.2. The maximum atomic E-state index is 12.6. The molecule has 0 bridgehead atoms. The smallest absolute Gasteiger partial charge is 0.283 e. The number of nitrogens with zero attached hydrogens (tertiary/aromatic N) is 2. The van der Waals surface area contributed by atoms with Gasteiger partial charge in [0.2, 0.25) is 0 Å². The van der Waals surface area contributed by atoms with E-state index in [9.17, 15) is 14.9 Å². The summed E-state index contributed by atoms with van der Waals surface area (Å²) in [6, 6.07) is 14.7. The number of thioether (sulfide) groups is 1. The number of rotatable bonds is 9. The zero-order chi connectivity index (χ0) is 19.8. The van der Waals surface area contributed by atoms with Gasteiger partial charge < -0.3 is 5.32 Å². The third-order valence-electron chi connectivity index (χ3n) is 4.53. The minimum Gasteiger partial charge on any atom is -0.350 e. The van der Waals surface area contributed by atoms with E-state index in [1.807, 2.05) is 30.3 Å². The van der Waals surface area contributed by atoms with Crippen molar-refractivity contribution in [2.45, 2.75) is 24.8 Å². The van der Waals surface area contributed by atoms with Gasteiger partial charge in [0.05, 0.1) is 15.9 Å². The molecular formula is C20H25N3O3S. The number of amides is 1. The van der Waals surface area contributed by atoms with E-state index in [0.29, 0.717) is 17.0 Å². The summed E-state index contributed by atoms with van der Waals surface area (Å²) in [5, 5.41) is 14.2. The van der Waals surface area contributed by atoms with Crippen molar-refractivity contribution >= 4 is 23.4 Å². The maximum Gasteiger partial charge on any atom is 0.283 e. The third kappa shape index (κ3) is 5.30. The Balaban J connectivity index is 2.18. The molecular weight excluding hydrogens is 362 g/mol. The molecule has 0 radical (unpaired) electrons. The van der Waals surface area contributed by atoms with Gasteiger partial charge in [0.15, 0.2) is 0 Å². The molecule has 2 aromatic carbocycles. The molecule has 0 spiro atoms. The summed E-state index contributed by atoms with van der Waals surface area (Å²) in [5.41, 5.74) is 1.38. The highest BCUT2D eigenvalue weighted by molar-refractivity contribution is 7.98. The van der Waals surface area contributed by atoms with E-state index >= 15 is 0 Å². The Morgan fingerprint density at radius 3 is 2.41 bits per heavy atom. The summed E-state index contributed by atoms with van der Waals surface area (Å²) in [5.74, 6) is -0.307. The van der Waals surface area contributed by atoms with E-state index in [1.165, 1.54) is 17.8 Å². The van der Waals surface area contributed by atoms with Crippen molar-refractivity contribution in [2.24, 2.45) is 0 Å². The van der Waals surface area contributed by atoms with Crippen LogP contribution in [-0.4, -0.2) is 41.6 Å². The van der Waals surface area contributed by atoms with Gasteiger partial charge in [-0.2, -0.15) is 0 Å². The van der Waals surface area contributed by atoms with Crippen LogP contribution in [0.4, 0.5) is 5.69 Å². The molecule has 1 unspecified atom stereocenters. The summed E-state index contributed by atoms with van der Waals surface area (Å²) >= 11 is 1.29. The summed E-state index contributed by atoms with van der Waals surface area (Å²) in [6.45, 7) is 6.33. The number of carbonyl (C=O) groups excluding carboxylic acids is 1. The molecule has 0 aromatic heterocycles. The SMILES string of the molecule is CCN(CC)C(CNC(=O)c1ccc(SC)c([N+](=O)[O-])c1)c1ccccc1. The standard InChI is InChI=1S/C20H25N3O3S/c1-4-22(5-2)18(15-9-7-6-8-10-15)14-21-20(24)16-11-12-19(27-3)17(13-16)23(25)26/h6-13,18H,4-5,14H2,1-3H3,(H,21,24). The lowest BCUT2D eigenvalue weighted by Crippen LogP contribution is -2.38. The van der Waals surface area contributed by atoms with Crippen LogP contribution in [0, 0.1) is 10.1 Å². The van der Waals surface area contributed by atoms with E-state index in [4.69, 9.17) is 0 Å².